The molecule has 2 heteroatoms. The van der Waals surface area contributed by atoms with Gasteiger partial charge in [0.15, 0.2) is 0 Å². The molecule has 0 spiro atoms. The van der Waals surface area contributed by atoms with Crippen LogP contribution in [0.3, 0.4) is 0 Å². The van der Waals surface area contributed by atoms with Crippen LogP contribution in [0.15, 0.2) is 48.2 Å². The van der Waals surface area contributed by atoms with Crippen LogP contribution < -0.4 is 11.1 Å². The van der Waals surface area contributed by atoms with Crippen LogP contribution in [-0.2, 0) is 0 Å². The number of nitrogens with two attached hydrogens (primary N) is 1. The smallest absolute Gasteiger partial charge is 0.0617 e. The molecule has 3 N–H and O–H groups in total. The highest BCUT2D eigenvalue weighted by Crippen LogP contribution is 2.20. The summed E-state index contributed by atoms with van der Waals surface area (Å²) < 4.78 is 0. The van der Waals surface area contributed by atoms with E-state index in [-0.39, 0.29) is 0 Å². The first-order valence-corrected chi connectivity index (χ1v) is 4.84. The van der Waals surface area contributed by atoms with Gasteiger partial charge in [0, 0.05) is 5.70 Å². The molecule has 0 amide bonds. The maximum Gasteiger partial charge on any atom is 0.0617 e. The molecule has 1 aliphatic carbocycles. The van der Waals surface area contributed by atoms with Crippen LogP contribution in [0.4, 0.5) is 11.4 Å². The van der Waals surface area contributed by atoms with Gasteiger partial charge in [-0.1, -0.05) is 24.3 Å². The molecule has 2 nitrogen and oxygen atoms in total. The van der Waals surface area contributed by atoms with Crippen LogP contribution in [0.1, 0.15) is 12.8 Å². The number of hydrogen-bond acceptors (Lipinski definition) is 2. The molecule has 1 aliphatic rings. The molecule has 1 aromatic carbocycles. The first kappa shape index (κ1) is 8.88. The molecule has 0 fully saturated rings. The standard InChI is InChI=1S/C12H14N2/c13-11-8-4-5-9-12(11)14-10-6-2-1-3-7-10/h2,4-9,14H,1,3,13H2. The summed E-state index contributed by atoms with van der Waals surface area (Å²) in [4.78, 5) is 0. The first-order chi connectivity index (χ1) is 6.86. The molecule has 0 saturated carbocycles. The van der Waals surface area contributed by atoms with Gasteiger partial charge in [-0.3, -0.25) is 0 Å². The molecular weight excluding hydrogens is 172 g/mol. The van der Waals surface area contributed by atoms with Crippen molar-refractivity contribution in [2.45, 2.75) is 12.8 Å². The van der Waals surface area contributed by atoms with E-state index >= 15 is 0 Å². The second-order valence-electron chi connectivity index (χ2n) is 3.35. The van der Waals surface area contributed by atoms with Crippen molar-refractivity contribution in [2.75, 3.05) is 11.1 Å². The van der Waals surface area contributed by atoms with Gasteiger partial charge in [0.2, 0.25) is 0 Å². The summed E-state index contributed by atoms with van der Waals surface area (Å²) in [5.41, 5.74) is 8.72. The average Bonchev–Trinajstić information content (AvgIpc) is 2.23. The molecule has 14 heavy (non-hydrogen) atoms. The highest BCUT2D eigenvalue weighted by atomic mass is 14.9. The van der Waals surface area contributed by atoms with E-state index in [1.54, 1.807) is 0 Å². The third-order valence-electron chi connectivity index (χ3n) is 2.23. The average molecular weight is 186 g/mol. The molecule has 0 bridgehead atoms. The highest BCUT2D eigenvalue weighted by molar-refractivity contribution is 5.68. The minimum atomic E-state index is 0.785. The number of benzene rings is 1. The first-order valence-electron chi connectivity index (χ1n) is 4.84. The zero-order valence-electron chi connectivity index (χ0n) is 8.03. The van der Waals surface area contributed by atoms with Crippen LogP contribution >= 0.6 is 0 Å². The molecule has 0 radical (unpaired) electrons. The van der Waals surface area contributed by atoms with Crippen LogP contribution in [0.5, 0.6) is 0 Å². The van der Waals surface area contributed by atoms with E-state index in [0.29, 0.717) is 0 Å². The quantitative estimate of drug-likeness (QED) is 0.697. The fourth-order valence-electron chi connectivity index (χ4n) is 1.47. The Hall–Kier alpha value is -1.70. The van der Waals surface area contributed by atoms with Crippen LogP contribution in [0, 0.1) is 0 Å². The number of para-hydroxylation sites is 2. The van der Waals surface area contributed by atoms with E-state index < -0.39 is 0 Å². The van der Waals surface area contributed by atoms with E-state index in [1.807, 2.05) is 24.3 Å². The molecular formula is C12H14N2. The lowest BCUT2D eigenvalue weighted by molar-refractivity contribution is 1.02. The van der Waals surface area contributed by atoms with Crippen molar-refractivity contribution >= 4 is 11.4 Å². The van der Waals surface area contributed by atoms with Crippen LogP contribution in [0.25, 0.3) is 0 Å². The van der Waals surface area contributed by atoms with E-state index in [4.69, 9.17) is 5.73 Å². The fourth-order valence-corrected chi connectivity index (χ4v) is 1.47. The molecule has 0 heterocycles. The summed E-state index contributed by atoms with van der Waals surface area (Å²) >= 11 is 0. The number of rotatable bonds is 2. The maximum absolute atomic E-state index is 5.82. The van der Waals surface area contributed by atoms with Gasteiger partial charge in [-0.05, 0) is 31.1 Å². The molecule has 1 aromatic rings. The molecule has 72 valence electrons. The van der Waals surface area contributed by atoms with Gasteiger partial charge in [0.1, 0.15) is 0 Å². The van der Waals surface area contributed by atoms with Gasteiger partial charge < -0.3 is 11.1 Å². The van der Waals surface area contributed by atoms with Crippen molar-refractivity contribution in [1.82, 2.24) is 0 Å². The Balaban J connectivity index is 2.14. The van der Waals surface area contributed by atoms with Crippen LogP contribution in [-0.4, -0.2) is 0 Å². The van der Waals surface area contributed by atoms with Crippen molar-refractivity contribution in [3.63, 3.8) is 0 Å². The maximum atomic E-state index is 5.82. The van der Waals surface area contributed by atoms with Crippen molar-refractivity contribution in [2.24, 2.45) is 0 Å². The molecule has 0 atom stereocenters. The van der Waals surface area contributed by atoms with E-state index in [9.17, 15) is 0 Å². The van der Waals surface area contributed by atoms with E-state index in [0.717, 1.165) is 29.9 Å². The summed E-state index contributed by atoms with van der Waals surface area (Å²) in [6.07, 6.45) is 8.69. The summed E-state index contributed by atoms with van der Waals surface area (Å²) in [5, 5.41) is 3.30. The number of nitrogens with one attached hydrogen (secondary N) is 1. The molecule has 0 aliphatic heterocycles. The van der Waals surface area contributed by atoms with Crippen molar-refractivity contribution in [1.29, 1.82) is 0 Å². The number of allylic oxidation sites excluding steroid dienone is 3. The van der Waals surface area contributed by atoms with Gasteiger partial charge >= 0.3 is 0 Å². The Labute approximate surface area is 84.1 Å². The van der Waals surface area contributed by atoms with Crippen molar-refractivity contribution in [3.8, 4) is 0 Å². The minimum absolute atomic E-state index is 0.785. The summed E-state index contributed by atoms with van der Waals surface area (Å²) in [5.74, 6) is 0. The Kier molecular flexibility index (Phi) is 2.54. The predicted octanol–water partition coefficient (Wildman–Crippen LogP) is 2.91. The lowest BCUT2D eigenvalue weighted by atomic mass is 10.1. The van der Waals surface area contributed by atoms with Crippen molar-refractivity contribution < 1.29 is 0 Å². The molecule has 2 rings (SSSR count). The fraction of sp³-hybridized carbons (Fsp3) is 0.167. The number of hydrogen-bond donors (Lipinski definition) is 2. The Bertz CT molecular complexity index is 378. The van der Waals surface area contributed by atoms with Gasteiger partial charge in [-0.15, -0.1) is 0 Å². The Morgan fingerprint density at radius 3 is 2.71 bits per heavy atom. The summed E-state index contributed by atoms with van der Waals surface area (Å²) in [7, 11) is 0. The van der Waals surface area contributed by atoms with E-state index in [2.05, 4.69) is 23.5 Å². The third-order valence-corrected chi connectivity index (χ3v) is 2.23. The zero-order valence-corrected chi connectivity index (χ0v) is 8.03. The second-order valence-corrected chi connectivity index (χ2v) is 3.35. The Morgan fingerprint density at radius 2 is 2.00 bits per heavy atom. The summed E-state index contributed by atoms with van der Waals surface area (Å²) in [6.45, 7) is 0. The van der Waals surface area contributed by atoms with Gasteiger partial charge in [0.05, 0.1) is 11.4 Å². The molecule has 0 aromatic heterocycles. The monoisotopic (exact) mass is 186 g/mol. The minimum Gasteiger partial charge on any atom is -0.397 e. The Morgan fingerprint density at radius 1 is 1.14 bits per heavy atom. The largest absolute Gasteiger partial charge is 0.397 e. The zero-order chi connectivity index (χ0) is 9.80. The predicted molar refractivity (Wildman–Crippen MR) is 60.9 cm³/mol. The van der Waals surface area contributed by atoms with Gasteiger partial charge in [-0.25, -0.2) is 0 Å². The second kappa shape index (κ2) is 4.01. The highest BCUT2D eigenvalue weighted by Gasteiger charge is 2.00. The number of anilines is 2. The van der Waals surface area contributed by atoms with Gasteiger partial charge in [0.25, 0.3) is 0 Å². The third kappa shape index (κ3) is 1.96. The summed E-state index contributed by atoms with van der Waals surface area (Å²) in [6, 6.07) is 7.80. The molecule has 0 saturated heterocycles. The lowest BCUT2D eigenvalue weighted by Crippen LogP contribution is -2.01. The normalized spacial score (nSPS) is 15.0. The van der Waals surface area contributed by atoms with Crippen molar-refractivity contribution in [3.05, 3.63) is 48.2 Å². The number of nitrogen functional groups attached to an aromatic ring is 1. The SMILES string of the molecule is Nc1ccccc1NC1=CCCC=C1. The molecule has 0 unspecified atom stereocenters. The topological polar surface area (TPSA) is 38.0 Å². The lowest BCUT2D eigenvalue weighted by Gasteiger charge is -2.11. The van der Waals surface area contributed by atoms with Crippen LogP contribution in [0.2, 0.25) is 0 Å². The van der Waals surface area contributed by atoms with E-state index in [1.165, 1.54) is 0 Å². The van der Waals surface area contributed by atoms with Gasteiger partial charge in [-0.2, -0.15) is 0 Å².